The number of hydrogen-bond donors (Lipinski definition) is 2. The van der Waals surface area contributed by atoms with Crippen LogP contribution in [0.3, 0.4) is 0 Å². The molecular weight excluding hydrogens is 349 g/mol. The molecule has 0 saturated heterocycles. The van der Waals surface area contributed by atoms with E-state index in [1.54, 1.807) is 6.07 Å². The van der Waals surface area contributed by atoms with Gasteiger partial charge in [0.25, 0.3) is 10.0 Å². The van der Waals surface area contributed by atoms with Crippen LogP contribution in [0.1, 0.15) is 5.56 Å². The van der Waals surface area contributed by atoms with Crippen molar-refractivity contribution in [2.45, 2.75) is 11.6 Å². The zero-order valence-electron chi connectivity index (χ0n) is 10.2. The summed E-state index contributed by atoms with van der Waals surface area (Å²) >= 11 is 2.99. The van der Waals surface area contributed by atoms with Crippen molar-refractivity contribution in [2.75, 3.05) is 4.72 Å². The number of sulfonamides is 1. The number of anilines is 1. The number of hydrogen-bond acceptors (Lipinski definition) is 4. The first kappa shape index (κ1) is 14.9. The van der Waals surface area contributed by atoms with Crippen molar-refractivity contribution >= 4 is 31.6 Å². The van der Waals surface area contributed by atoms with Crippen molar-refractivity contribution in [2.24, 2.45) is 5.73 Å². The van der Waals surface area contributed by atoms with Crippen molar-refractivity contribution in [3.05, 3.63) is 52.4 Å². The van der Waals surface area contributed by atoms with Crippen LogP contribution in [0.5, 0.6) is 0 Å². The van der Waals surface area contributed by atoms with Crippen LogP contribution in [-0.4, -0.2) is 13.4 Å². The maximum absolute atomic E-state index is 13.3. The van der Waals surface area contributed by atoms with E-state index in [4.69, 9.17) is 5.73 Å². The number of nitrogens with one attached hydrogen (secondary N) is 1. The average molecular weight is 360 g/mol. The number of nitrogens with zero attached hydrogens (tertiary/aromatic N) is 1. The lowest BCUT2D eigenvalue weighted by atomic mass is 10.3. The first-order valence-electron chi connectivity index (χ1n) is 5.55. The average Bonchev–Trinajstić information content (AvgIpc) is 2.43. The van der Waals surface area contributed by atoms with Crippen molar-refractivity contribution in [1.82, 2.24) is 4.98 Å². The Morgan fingerprint density at radius 2 is 2.05 bits per heavy atom. The van der Waals surface area contributed by atoms with Gasteiger partial charge in [-0.15, -0.1) is 0 Å². The van der Waals surface area contributed by atoms with E-state index in [-0.39, 0.29) is 21.7 Å². The van der Waals surface area contributed by atoms with Crippen LogP contribution in [0, 0.1) is 5.82 Å². The van der Waals surface area contributed by atoms with Crippen molar-refractivity contribution in [3.8, 4) is 0 Å². The van der Waals surface area contributed by atoms with Gasteiger partial charge in [0.2, 0.25) is 0 Å². The highest BCUT2D eigenvalue weighted by Crippen LogP contribution is 2.21. The van der Waals surface area contributed by atoms with Gasteiger partial charge in [-0.1, -0.05) is 6.07 Å². The molecule has 0 spiro atoms. The molecular formula is C12H11BrFN3O2S. The fourth-order valence-corrected chi connectivity index (χ4v) is 2.68. The van der Waals surface area contributed by atoms with E-state index in [9.17, 15) is 12.8 Å². The monoisotopic (exact) mass is 359 g/mol. The lowest BCUT2D eigenvalue weighted by molar-refractivity contribution is 0.597. The minimum atomic E-state index is -3.85. The Bertz CT molecular complexity index is 720. The first-order chi connectivity index (χ1) is 9.42. The van der Waals surface area contributed by atoms with Crippen molar-refractivity contribution < 1.29 is 12.8 Å². The highest BCUT2D eigenvalue weighted by Gasteiger charge is 2.16. The molecule has 0 atom stereocenters. The van der Waals surface area contributed by atoms with E-state index in [2.05, 4.69) is 25.6 Å². The van der Waals surface area contributed by atoms with Crippen LogP contribution in [0.4, 0.5) is 10.1 Å². The van der Waals surface area contributed by atoms with Crippen molar-refractivity contribution in [3.63, 3.8) is 0 Å². The summed E-state index contributed by atoms with van der Waals surface area (Å²) in [6, 6.07) is 6.86. The summed E-state index contributed by atoms with van der Waals surface area (Å²) < 4.78 is 40.0. The molecule has 0 aliphatic heterocycles. The second kappa shape index (κ2) is 5.86. The molecule has 20 heavy (non-hydrogen) atoms. The maximum Gasteiger partial charge on any atom is 0.279 e. The standard InChI is InChI=1S/C12H11BrFN3O2S/c13-10-3-2-9(5-11(10)14)17-20(18,19)12-4-1-8(6-15)7-16-12/h1-5,7,17H,6,15H2. The molecule has 0 bridgehead atoms. The topological polar surface area (TPSA) is 85.1 Å². The number of halogens is 2. The Morgan fingerprint density at radius 1 is 1.30 bits per heavy atom. The fraction of sp³-hybridized carbons (Fsp3) is 0.0833. The van der Waals surface area contributed by atoms with Gasteiger partial charge in [0.05, 0.1) is 10.2 Å². The largest absolute Gasteiger partial charge is 0.326 e. The van der Waals surface area contributed by atoms with E-state index in [0.29, 0.717) is 0 Å². The second-order valence-electron chi connectivity index (χ2n) is 3.94. The predicted octanol–water partition coefficient (Wildman–Crippen LogP) is 2.24. The molecule has 0 saturated carbocycles. The zero-order valence-corrected chi connectivity index (χ0v) is 12.6. The third kappa shape index (κ3) is 3.33. The van der Waals surface area contributed by atoms with E-state index >= 15 is 0 Å². The molecule has 0 unspecified atom stereocenters. The van der Waals surface area contributed by atoms with Gasteiger partial charge >= 0.3 is 0 Å². The van der Waals surface area contributed by atoms with Gasteiger partial charge in [0.1, 0.15) is 5.82 Å². The minimum absolute atomic E-state index is 0.121. The van der Waals surface area contributed by atoms with Crippen LogP contribution in [0.15, 0.2) is 46.0 Å². The van der Waals surface area contributed by atoms with Gasteiger partial charge in [0, 0.05) is 12.7 Å². The zero-order chi connectivity index (χ0) is 14.8. The van der Waals surface area contributed by atoms with E-state index < -0.39 is 15.8 Å². The molecule has 0 aliphatic carbocycles. The Labute approximate surface area is 124 Å². The molecule has 3 N–H and O–H groups in total. The van der Waals surface area contributed by atoms with Gasteiger partial charge in [-0.3, -0.25) is 4.72 Å². The molecule has 5 nitrogen and oxygen atoms in total. The predicted molar refractivity (Wildman–Crippen MR) is 77.0 cm³/mol. The number of aromatic nitrogens is 1. The number of pyridine rings is 1. The molecule has 1 aromatic carbocycles. The Kier molecular flexibility index (Phi) is 4.36. The van der Waals surface area contributed by atoms with Crippen LogP contribution in [-0.2, 0) is 16.6 Å². The van der Waals surface area contributed by atoms with Crippen LogP contribution in [0.25, 0.3) is 0 Å². The summed E-state index contributed by atoms with van der Waals surface area (Å²) in [7, 11) is -3.85. The highest BCUT2D eigenvalue weighted by molar-refractivity contribution is 9.10. The summed E-state index contributed by atoms with van der Waals surface area (Å²) in [6.45, 7) is 0.276. The fourth-order valence-electron chi connectivity index (χ4n) is 1.46. The van der Waals surface area contributed by atoms with Gasteiger partial charge in [-0.05, 0) is 45.8 Å². The van der Waals surface area contributed by atoms with E-state index in [1.807, 2.05) is 0 Å². The summed E-state index contributed by atoms with van der Waals surface area (Å²) in [6.07, 6.45) is 1.39. The summed E-state index contributed by atoms with van der Waals surface area (Å²) in [5.41, 5.74) is 6.25. The molecule has 1 heterocycles. The maximum atomic E-state index is 13.3. The van der Waals surface area contributed by atoms with E-state index in [0.717, 1.165) is 11.6 Å². The summed E-state index contributed by atoms with van der Waals surface area (Å²) in [5, 5.41) is -0.155. The summed E-state index contributed by atoms with van der Waals surface area (Å²) in [4.78, 5) is 3.82. The number of nitrogens with two attached hydrogens (primary N) is 1. The molecule has 0 radical (unpaired) electrons. The molecule has 0 amide bonds. The smallest absolute Gasteiger partial charge is 0.279 e. The lowest BCUT2D eigenvalue weighted by Crippen LogP contribution is -2.15. The van der Waals surface area contributed by atoms with Crippen molar-refractivity contribution in [1.29, 1.82) is 0 Å². The third-order valence-electron chi connectivity index (χ3n) is 2.48. The van der Waals surface area contributed by atoms with Gasteiger partial charge in [-0.25, -0.2) is 9.37 Å². The molecule has 106 valence electrons. The molecule has 0 fully saturated rings. The number of rotatable bonds is 4. The molecule has 1 aromatic heterocycles. The van der Waals surface area contributed by atoms with Crippen LogP contribution in [0.2, 0.25) is 0 Å². The van der Waals surface area contributed by atoms with E-state index in [1.165, 1.54) is 24.4 Å². The molecule has 2 aromatic rings. The highest BCUT2D eigenvalue weighted by atomic mass is 79.9. The minimum Gasteiger partial charge on any atom is -0.326 e. The number of benzene rings is 1. The SMILES string of the molecule is NCc1ccc(S(=O)(=O)Nc2ccc(Br)c(F)c2)nc1. The van der Waals surface area contributed by atoms with Gasteiger partial charge in [0.15, 0.2) is 5.03 Å². The Balaban J connectivity index is 2.27. The second-order valence-corrected chi connectivity index (χ2v) is 6.43. The Morgan fingerprint density at radius 3 is 2.60 bits per heavy atom. The summed E-state index contributed by atoms with van der Waals surface area (Å²) in [5.74, 6) is -0.559. The molecule has 8 heteroatoms. The lowest BCUT2D eigenvalue weighted by Gasteiger charge is -2.08. The quantitative estimate of drug-likeness (QED) is 0.876. The Hall–Kier alpha value is -1.51. The van der Waals surface area contributed by atoms with Gasteiger partial charge < -0.3 is 5.73 Å². The normalized spacial score (nSPS) is 11.3. The third-order valence-corrected chi connectivity index (χ3v) is 4.42. The molecule has 2 rings (SSSR count). The van der Waals surface area contributed by atoms with Gasteiger partial charge in [-0.2, -0.15) is 8.42 Å². The van der Waals surface area contributed by atoms with Crippen LogP contribution >= 0.6 is 15.9 Å². The molecule has 0 aliphatic rings. The van der Waals surface area contributed by atoms with Crippen LogP contribution < -0.4 is 10.5 Å². The first-order valence-corrected chi connectivity index (χ1v) is 7.83.